The maximum Gasteiger partial charge on any atom is 0.329 e. The summed E-state index contributed by atoms with van der Waals surface area (Å²) in [5.74, 6) is -7.46. The van der Waals surface area contributed by atoms with Crippen LogP contribution in [0.5, 0.6) is 0 Å². The van der Waals surface area contributed by atoms with Crippen LogP contribution < -0.4 is 26.1 Å². The number of nitrogens with one attached hydrogen (secondary N) is 2. The van der Waals surface area contributed by atoms with E-state index in [-0.39, 0.29) is 60.5 Å². The molecule has 4 fully saturated rings. The number of imidazole rings is 1. The Bertz CT molecular complexity index is 2620. The van der Waals surface area contributed by atoms with Crippen molar-refractivity contribution in [3.8, 4) is 0 Å². The zero-order valence-electron chi connectivity index (χ0n) is 33.8. The molecule has 22 heteroatoms. The van der Waals surface area contributed by atoms with Crippen molar-refractivity contribution in [1.29, 1.82) is 0 Å². The van der Waals surface area contributed by atoms with E-state index in [4.69, 9.17) is 0 Å². The Balaban J connectivity index is 0.826. The molecule has 0 spiro atoms. The molecule has 2 N–H and O–H groups in total. The van der Waals surface area contributed by atoms with Crippen LogP contribution in [0, 0.1) is 5.92 Å². The Hall–Kier alpha value is -5.93. The first kappa shape index (κ1) is 41.4. The molecule has 16 nitrogen and oxygen atoms in total. The normalized spacial score (nSPS) is 24.0. The lowest BCUT2D eigenvalue weighted by atomic mass is 9.85. The smallest absolute Gasteiger partial charge is 0.329 e. The van der Waals surface area contributed by atoms with E-state index >= 15 is 8.78 Å². The summed E-state index contributed by atoms with van der Waals surface area (Å²) >= 11 is 0. The summed E-state index contributed by atoms with van der Waals surface area (Å²) in [4.78, 5) is 60.2. The number of nitrogens with zero attached hydrogens (tertiary/aromatic N) is 10. The highest BCUT2D eigenvalue weighted by Gasteiger charge is 2.48. The molecule has 330 valence electrons. The number of alkyl halides is 6. The molecule has 2 atom stereocenters. The van der Waals surface area contributed by atoms with Crippen molar-refractivity contribution >= 4 is 51.6 Å². The standard InChI is InChI=1S/C40H44F6N12O4/c1-52(29-12-14-54(21-40(29,45)46)26-4-3-5-27-33(26)53(2)38(62)58(27)28-10-11-31(59)50-37(28)61)17-22-6-8-23(9-7-22)57-18-25(32(51-57)34(41)42)48-36(60)24-16-47-56-15-13-30(49-35(24)56)55-19-39(43,44)20-55/h3-5,13,15-16,18,22-23,28-29,34H,6-12,14,17,19-21H2,1-2H3,(H,48,60)(H,50,59,61). The van der Waals surface area contributed by atoms with Gasteiger partial charge in [0.15, 0.2) is 11.3 Å². The summed E-state index contributed by atoms with van der Waals surface area (Å²) in [6.45, 7) is -0.950. The van der Waals surface area contributed by atoms with Gasteiger partial charge in [-0.05, 0) is 69.7 Å². The highest BCUT2D eigenvalue weighted by atomic mass is 19.3. The maximum atomic E-state index is 16.1. The SMILES string of the molecule is CN(CC1CCC(n2cc(NC(=O)c3cnn4ccc(N5CC(F)(F)C5)nc34)c(C(F)F)n2)CC1)C1CCN(c2cccc3c2n(C)c(=O)n3C2CCC(=O)NC2=O)CC1(F)F. The van der Waals surface area contributed by atoms with Crippen LogP contribution in [0.15, 0.2) is 47.7 Å². The summed E-state index contributed by atoms with van der Waals surface area (Å²) in [6.07, 6.45) is 3.75. The number of benzene rings is 1. The number of carbonyl (C=O) groups is 3. The lowest BCUT2D eigenvalue weighted by Gasteiger charge is -2.44. The van der Waals surface area contributed by atoms with E-state index in [1.165, 1.54) is 54.9 Å². The van der Waals surface area contributed by atoms with Gasteiger partial charge in [0.25, 0.3) is 24.2 Å². The zero-order chi connectivity index (χ0) is 43.8. The number of imide groups is 1. The fourth-order valence-corrected chi connectivity index (χ4v) is 9.62. The van der Waals surface area contributed by atoms with Crippen LogP contribution >= 0.6 is 0 Å². The van der Waals surface area contributed by atoms with E-state index in [1.807, 2.05) is 0 Å². The van der Waals surface area contributed by atoms with Gasteiger partial charge in [0, 0.05) is 39.0 Å². The van der Waals surface area contributed by atoms with Gasteiger partial charge >= 0.3 is 5.69 Å². The van der Waals surface area contributed by atoms with Gasteiger partial charge in [-0.2, -0.15) is 10.2 Å². The second-order valence-corrected chi connectivity index (χ2v) is 16.9. The first-order valence-electron chi connectivity index (χ1n) is 20.5. The number of fused-ring (bicyclic) bond motifs is 2. The molecule has 3 amide bonds. The van der Waals surface area contributed by atoms with Crippen LogP contribution in [0.1, 0.15) is 79.5 Å². The minimum atomic E-state index is -3.13. The summed E-state index contributed by atoms with van der Waals surface area (Å²) in [6, 6.07) is 4.28. The molecule has 1 aromatic carbocycles. The number of aryl methyl sites for hydroxylation is 1. The molecule has 1 saturated carbocycles. The van der Waals surface area contributed by atoms with Gasteiger partial charge in [0.2, 0.25) is 11.8 Å². The number of rotatable bonds is 10. The Labute approximate surface area is 349 Å². The molecule has 3 aliphatic heterocycles. The van der Waals surface area contributed by atoms with Crippen molar-refractivity contribution in [2.24, 2.45) is 13.0 Å². The lowest BCUT2D eigenvalue weighted by Crippen LogP contribution is -2.58. The Kier molecular flexibility index (Phi) is 10.3. The predicted octanol–water partition coefficient (Wildman–Crippen LogP) is 4.78. The lowest BCUT2D eigenvalue weighted by molar-refractivity contribution is -0.135. The summed E-state index contributed by atoms with van der Waals surface area (Å²) in [7, 11) is 3.22. The number of para-hydroxylation sites is 1. The highest BCUT2D eigenvalue weighted by Crippen LogP contribution is 2.40. The van der Waals surface area contributed by atoms with E-state index in [1.54, 1.807) is 35.0 Å². The molecular formula is C40H44F6N12O4. The summed E-state index contributed by atoms with van der Waals surface area (Å²) in [5.41, 5.74) is 0.0212. The number of halogens is 6. The van der Waals surface area contributed by atoms with Crippen molar-refractivity contribution in [2.75, 3.05) is 54.9 Å². The first-order chi connectivity index (χ1) is 29.5. The van der Waals surface area contributed by atoms with Gasteiger partial charge in [-0.3, -0.25) is 38.4 Å². The van der Waals surface area contributed by atoms with Gasteiger partial charge in [0.1, 0.15) is 17.4 Å². The minimum Gasteiger partial charge on any atom is -0.364 e. The minimum absolute atomic E-state index is 0.0426. The van der Waals surface area contributed by atoms with Crippen LogP contribution in [0.2, 0.25) is 0 Å². The van der Waals surface area contributed by atoms with E-state index in [9.17, 15) is 36.7 Å². The average Bonchev–Trinajstić information content (AvgIpc) is 3.91. The fourth-order valence-electron chi connectivity index (χ4n) is 9.62. The molecular weight excluding hydrogens is 827 g/mol. The first-order valence-corrected chi connectivity index (χ1v) is 20.5. The molecule has 1 aliphatic carbocycles. The van der Waals surface area contributed by atoms with Gasteiger partial charge in [-0.15, -0.1) is 0 Å². The van der Waals surface area contributed by atoms with Crippen LogP contribution in [0.4, 0.5) is 43.5 Å². The highest BCUT2D eigenvalue weighted by molar-refractivity contribution is 6.08. The van der Waals surface area contributed by atoms with Crippen LogP contribution in [0.25, 0.3) is 16.7 Å². The third-order valence-corrected chi connectivity index (χ3v) is 12.8. The van der Waals surface area contributed by atoms with Crippen molar-refractivity contribution in [2.45, 2.75) is 81.3 Å². The summed E-state index contributed by atoms with van der Waals surface area (Å²) < 4.78 is 93.1. The largest absolute Gasteiger partial charge is 0.364 e. The van der Waals surface area contributed by atoms with E-state index in [2.05, 4.69) is 25.8 Å². The van der Waals surface area contributed by atoms with E-state index < -0.39 is 79.1 Å². The molecule has 4 aromatic heterocycles. The molecule has 7 heterocycles. The second kappa shape index (κ2) is 15.5. The Morgan fingerprint density at radius 1 is 1.00 bits per heavy atom. The zero-order valence-corrected chi connectivity index (χ0v) is 33.8. The fraction of sp³-hybridized carbons (Fsp3) is 0.525. The number of aromatic nitrogens is 7. The Morgan fingerprint density at radius 2 is 1.76 bits per heavy atom. The molecule has 0 radical (unpaired) electrons. The van der Waals surface area contributed by atoms with Gasteiger partial charge in [-0.1, -0.05) is 6.07 Å². The number of hydrogen-bond acceptors (Lipinski definition) is 10. The van der Waals surface area contributed by atoms with E-state index in [0.29, 0.717) is 48.9 Å². The van der Waals surface area contributed by atoms with Gasteiger partial charge < -0.3 is 15.1 Å². The second-order valence-electron chi connectivity index (χ2n) is 16.9. The number of amides is 3. The van der Waals surface area contributed by atoms with Crippen molar-refractivity contribution < 1.29 is 40.7 Å². The van der Waals surface area contributed by atoms with Crippen molar-refractivity contribution in [1.82, 2.24) is 43.7 Å². The number of anilines is 3. The average molecular weight is 871 g/mol. The number of piperidine rings is 2. The van der Waals surface area contributed by atoms with Gasteiger partial charge in [0.05, 0.1) is 60.3 Å². The van der Waals surface area contributed by atoms with E-state index in [0.717, 1.165) is 0 Å². The molecule has 62 heavy (non-hydrogen) atoms. The third-order valence-electron chi connectivity index (χ3n) is 12.8. The third kappa shape index (κ3) is 7.44. The molecule has 4 aliphatic rings. The quantitative estimate of drug-likeness (QED) is 0.148. The topological polar surface area (TPSA) is 160 Å². The molecule has 3 saturated heterocycles. The van der Waals surface area contributed by atoms with Crippen molar-refractivity contribution in [3.63, 3.8) is 0 Å². The molecule has 5 aromatic rings. The Morgan fingerprint density at radius 3 is 2.45 bits per heavy atom. The maximum absolute atomic E-state index is 16.1. The number of carbonyl (C=O) groups excluding carboxylic acids is 3. The van der Waals surface area contributed by atoms with Crippen LogP contribution in [-0.2, 0) is 16.6 Å². The van der Waals surface area contributed by atoms with Crippen molar-refractivity contribution in [3.05, 3.63) is 64.6 Å². The number of hydrogen-bond donors (Lipinski definition) is 2. The molecule has 0 bridgehead atoms. The monoisotopic (exact) mass is 870 g/mol. The summed E-state index contributed by atoms with van der Waals surface area (Å²) in [5, 5.41) is 13.0. The molecule has 2 unspecified atom stereocenters. The van der Waals surface area contributed by atoms with Gasteiger partial charge in [-0.25, -0.2) is 40.6 Å². The predicted molar refractivity (Wildman–Crippen MR) is 213 cm³/mol. The van der Waals surface area contributed by atoms with Crippen LogP contribution in [0.3, 0.4) is 0 Å². The molecule has 9 rings (SSSR count). The van der Waals surface area contributed by atoms with Crippen LogP contribution in [-0.4, -0.2) is 114 Å².